The van der Waals surface area contributed by atoms with Gasteiger partial charge in [0.25, 0.3) is 5.91 Å². The number of hydrogen-bond donors (Lipinski definition) is 4. The molecule has 1 aliphatic heterocycles. The monoisotopic (exact) mass is 680 g/mol. The second kappa shape index (κ2) is 13.4. The highest BCUT2D eigenvalue weighted by atomic mass is 35.5. The van der Waals surface area contributed by atoms with Crippen LogP contribution in [0.15, 0.2) is 81.5 Å². The number of carbonyl (C=O) groups is 2. The third kappa shape index (κ3) is 6.08. The SMILES string of the molecule is COc1cc(CO)cc2c1O[C@@H]1[C@@H](O)[C@H](N(Cc3ccc(Cl)cc3Cl)C(=O)c3cc4ccccc4oc3=O)C=C(C(=O)NCCO)[C@H]21. The summed E-state index contributed by atoms with van der Waals surface area (Å²) in [7, 11) is 1.43. The molecular weight excluding hydrogens is 651 g/mol. The average molecular weight is 682 g/mol. The fourth-order valence-electron chi connectivity index (χ4n) is 6.13. The second-order valence-electron chi connectivity index (χ2n) is 11.2. The summed E-state index contributed by atoms with van der Waals surface area (Å²) in [5, 5.41) is 35.1. The van der Waals surface area contributed by atoms with Gasteiger partial charge in [-0.1, -0.05) is 47.5 Å². The van der Waals surface area contributed by atoms with Crippen molar-refractivity contribution >= 4 is 46.0 Å². The Bertz CT molecular complexity index is 1960. The molecule has 0 bridgehead atoms. The van der Waals surface area contributed by atoms with Gasteiger partial charge in [0.2, 0.25) is 5.91 Å². The fraction of sp³-hybridized carbons (Fsp3) is 0.265. The van der Waals surface area contributed by atoms with Crippen LogP contribution in [0.25, 0.3) is 11.0 Å². The van der Waals surface area contributed by atoms with E-state index in [-0.39, 0.29) is 59.5 Å². The van der Waals surface area contributed by atoms with Gasteiger partial charge in [0, 0.05) is 39.7 Å². The molecule has 11 nitrogen and oxygen atoms in total. The van der Waals surface area contributed by atoms with Crippen molar-refractivity contribution in [3.63, 3.8) is 0 Å². The highest BCUT2D eigenvalue weighted by Crippen LogP contribution is 2.51. The van der Waals surface area contributed by atoms with Crippen molar-refractivity contribution in [3.8, 4) is 11.5 Å². The quantitative estimate of drug-likeness (QED) is 0.194. The zero-order valence-corrected chi connectivity index (χ0v) is 26.5. The maximum absolute atomic E-state index is 14.4. The summed E-state index contributed by atoms with van der Waals surface area (Å²) in [6, 6.07) is 14.9. The number of aliphatic hydroxyl groups excluding tert-OH is 3. The summed E-state index contributed by atoms with van der Waals surface area (Å²) in [4.78, 5) is 42.5. The third-order valence-corrected chi connectivity index (χ3v) is 8.93. The Morgan fingerprint density at radius 3 is 2.57 bits per heavy atom. The van der Waals surface area contributed by atoms with Gasteiger partial charge in [0.05, 0.1) is 32.3 Å². The van der Waals surface area contributed by atoms with Gasteiger partial charge in [-0.25, -0.2) is 4.79 Å². The number of halogens is 2. The zero-order valence-electron chi connectivity index (χ0n) is 25.0. The molecule has 0 unspecified atom stereocenters. The van der Waals surface area contributed by atoms with E-state index in [1.807, 2.05) is 0 Å². The van der Waals surface area contributed by atoms with Crippen molar-refractivity contribution in [2.45, 2.75) is 37.3 Å². The average Bonchev–Trinajstić information content (AvgIpc) is 3.46. The van der Waals surface area contributed by atoms with Crippen LogP contribution in [0.2, 0.25) is 10.0 Å². The molecule has 0 saturated heterocycles. The van der Waals surface area contributed by atoms with E-state index in [2.05, 4.69) is 5.32 Å². The minimum atomic E-state index is -1.44. The fourth-order valence-corrected chi connectivity index (χ4v) is 6.60. The van der Waals surface area contributed by atoms with E-state index in [0.29, 0.717) is 27.1 Å². The molecule has 0 fully saturated rings. The molecule has 6 rings (SSSR count). The van der Waals surface area contributed by atoms with Crippen LogP contribution in [0.1, 0.15) is 33.0 Å². The first-order valence-electron chi connectivity index (χ1n) is 14.7. The number of methoxy groups -OCH3 is 1. The Kier molecular flexibility index (Phi) is 9.27. The number of para-hydroxylation sites is 1. The molecule has 13 heteroatoms. The van der Waals surface area contributed by atoms with Crippen LogP contribution < -0.4 is 20.4 Å². The highest BCUT2D eigenvalue weighted by Gasteiger charge is 2.51. The first-order valence-corrected chi connectivity index (χ1v) is 15.5. The standard InChI is InChI=1S/C34H30Cl2N2O9/c1-45-27-11-17(16-40)10-21-28-22(32(42)37-8-9-39)14-25(29(41)31(28)47-30(21)27)38(15-19-6-7-20(35)13-24(19)36)33(43)23-12-18-4-2-3-5-26(18)46-34(23)44/h2-7,10-14,25,28-29,31,39-41H,8-9,15-16H2,1H3,(H,37,42)/t25-,28+,29+,31+/m1/s1. The van der Waals surface area contributed by atoms with Crippen LogP contribution in [0.4, 0.5) is 0 Å². The van der Waals surface area contributed by atoms with E-state index in [4.69, 9.17) is 37.1 Å². The van der Waals surface area contributed by atoms with E-state index < -0.39 is 41.6 Å². The first kappa shape index (κ1) is 32.5. The van der Waals surface area contributed by atoms with Crippen LogP contribution in [-0.2, 0) is 17.9 Å². The number of amides is 2. The number of nitrogens with zero attached hydrogens (tertiary/aromatic N) is 1. The summed E-state index contributed by atoms with van der Waals surface area (Å²) < 4.78 is 17.3. The van der Waals surface area contributed by atoms with Crippen molar-refractivity contribution in [1.82, 2.24) is 10.2 Å². The normalized spacial score (nSPS) is 19.7. The molecule has 1 aromatic heterocycles. The van der Waals surface area contributed by atoms with Gasteiger partial charge in [-0.05, 0) is 53.6 Å². The molecule has 0 saturated carbocycles. The summed E-state index contributed by atoms with van der Waals surface area (Å²) >= 11 is 12.7. The molecule has 2 aliphatic rings. The van der Waals surface area contributed by atoms with Crippen molar-refractivity contribution in [3.05, 3.63) is 115 Å². The molecule has 4 N–H and O–H groups in total. The minimum Gasteiger partial charge on any atom is -0.493 e. The Hall–Kier alpha value is -4.39. The van der Waals surface area contributed by atoms with Gasteiger partial charge in [-0.3, -0.25) is 9.59 Å². The van der Waals surface area contributed by atoms with Gasteiger partial charge < -0.3 is 39.4 Å². The van der Waals surface area contributed by atoms with Crippen molar-refractivity contribution < 1.29 is 38.8 Å². The maximum Gasteiger partial charge on any atom is 0.349 e. The molecule has 2 heterocycles. The van der Waals surface area contributed by atoms with Gasteiger partial charge in [-0.2, -0.15) is 0 Å². The zero-order chi connectivity index (χ0) is 33.4. The Morgan fingerprint density at radius 2 is 1.85 bits per heavy atom. The lowest BCUT2D eigenvalue weighted by Crippen LogP contribution is -2.56. The Morgan fingerprint density at radius 1 is 1.06 bits per heavy atom. The third-order valence-electron chi connectivity index (χ3n) is 8.34. The molecule has 0 radical (unpaired) electrons. The first-order chi connectivity index (χ1) is 22.6. The van der Waals surface area contributed by atoms with Crippen molar-refractivity contribution in [2.75, 3.05) is 20.3 Å². The van der Waals surface area contributed by atoms with Gasteiger partial charge in [-0.15, -0.1) is 0 Å². The molecule has 3 aromatic carbocycles. The van der Waals surface area contributed by atoms with Gasteiger partial charge >= 0.3 is 5.63 Å². The van der Waals surface area contributed by atoms with Crippen LogP contribution in [0.5, 0.6) is 11.5 Å². The van der Waals surface area contributed by atoms with Crippen molar-refractivity contribution in [2.24, 2.45) is 0 Å². The molecule has 0 spiro atoms. The van der Waals surface area contributed by atoms with E-state index in [0.717, 1.165) is 0 Å². The lowest BCUT2D eigenvalue weighted by Gasteiger charge is -2.40. The van der Waals surface area contributed by atoms with E-state index in [9.17, 15) is 29.7 Å². The Balaban J connectivity index is 1.51. The molecule has 2 amide bonds. The van der Waals surface area contributed by atoms with Crippen LogP contribution in [0.3, 0.4) is 0 Å². The number of hydrogen-bond acceptors (Lipinski definition) is 9. The van der Waals surface area contributed by atoms with E-state index in [1.54, 1.807) is 48.5 Å². The van der Waals surface area contributed by atoms with Crippen molar-refractivity contribution in [1.29, 1.82) is 0 Å². The second-order valence-corrected chi connectivity index (χ2v) is 12.0. The summed E-state index contributed by atoms with van der Waals surface area (Å²) in [6.45, 7) is -0.907. The topological polar surface area (TPSA) is 159 Å². The molecule has 47 heavy (non-hydrogen) atoms. The number of nitrogens with one attached hydrogen (secondary N) is 1. The summed E-state index contributed by atoms with van der Waals surface area (Å²) in [5.74, 6) is -1.64. The summed E-state index contributed by atoms with van der Waals surface area (Å²) in [6.07, 6.45) is -1.08. The van der Waals surface area contributed by atoms with E-state index in [1.165, 1.54) is 30.2 Å². The predicted octanol–water partition coefficient (Wildman–Crippen LogP) is 3.57. The van der Waals surface area contributed by atoms with Gasteiger partial charge in [0.15, 0.2) is 11.5 Å². The number of aliphatic hydroxyl groups is 3. The largest absolute Gasteiger partial charge is 0.493 e. The molecule has 4 atom stereocenters. The van der Waals surface area contributed by atoms with Crippen LogP contribution in [0, 0.1) is 0 Å². The molecule has 4 aromatic rings. The maximum atomic E-state index is 14.4. The van der Waals surface area contributed by atoms with E-state index >= 15 is 0 Å². The van der Waals surface area contributed by atoms with Crippen LogP contribution in [-0.4, -0.2) is 70.5 Å². The smallest absolute Gasteiger partial charge is 0.349 e. The number of ether oxygens (including phenoxy) is 2. The molecular formula is C34H30Cl2N2O9. The minimum absolute atomic E-state index is 0.0599. The van der Waals surface area contributed by atoms with Crippen LogP contribution >= 0.6 is 23.2 Å². The summed E-state index contributed by atoms with van der Waals surface area (Å²) in [5.41, 5.74) is 0.683. The predicted molar refractivity (Wildman–Crippen MR) is 173 cm³/mol. The number of fused-ring (bicyclic) bond motifs is 4. The lowest BCUT2D eigenvalue weighted by molar-refractivity contribution is -0.118. The lowest BCUT2D eigenvalue weighted by atomic mass is 9.77. The molecule has 244 valence electrons. The Labute approximate surface area is 278 Å². The van der Waals surface area contributed by atoms with Gasteiger partial charge in [0.1, 0.15) is 23.4 Å². The number of rotatable bonds is 9. The number of benzene rings is 3. The molecule has 1 aliphatic carbocycles. The highest BCUT2D eigenvalue weighted by molar-refractivity contribution is 6.35. The number of carbonyl (C=O) groups excluding carboxylic acids is 2.